The molecule has 0 heteroatoms. The second kappa shape index (κ2) is 1.99. The molecule has 0 aromatic heterocycles. The van der Waals surface area contributed by atoms with E-state index in [4.69, 9.17) is 0 Å². The first kappa shape index (κ1) is 5.36. The minimum absolute atomic E-state index is 1.08. The molecule has 0 saturated carbocycles. The van der Waals surface area contributed by atoms with Crippen LogP contribution in [0, 0.1) is 0 Å². The zero-order chi connectivity index (χ0) is 5.98. The third kappa shape index (κ3) is 0.890. The van der Waals surface area contributed by atoms with E-state index in [0.717, 1.165) is 6.42 Å². The first-order chi connectivity index (χ1) is 3.80. The van der Waals surface area contributed by atoms with E-state index in [-0.39, 0.29) is 0 Å². The molecular weight excluding hydrogens is 96.1 g/mol. The van der Waals surface area contributed by atoms with E-state index < -0.39 is 0 Å². The molecule has 0 heterocycles. The summed E-state index contributed by atoms with van der Waals surface area (Å²) in [4.78, 5) is 0. The molecule has 0 aliphatic heterocycles. The van der Waals surface area contributed by atoms with Crippen LogP contribution in [0.25, 0.3) is 0 Å². The molecule has 1 aliphatic rings. The van der Waals surface area contributed by atoms with E-state index in [2.05, 4.69) is 24.8 Å². The molecule has 8 heavy (non-hydrogen) atoms. The summed E-state index contributed by atoms with van der Waals surface area (Å²) in [7, 11) is 0. The van der Waals surface area contributed by atoms with Crippen molar-refractivity contribution >= 4 is 0 Å². The maximum absolute atomic E-state index is 3.83. The molecule has 0 N–H and O–H groups in total. The molecule has 42 valence electrons. The molecule has 0 amide bonds. The third-order valence-corrected chi connectivity index (χ3v) is 1.32. The Labute approximate surface area is 50.2 Å². The average molecular weight is 106 g/mol. The van der Waals surface area contributed by atoms with Gasteiger partial charge < -0.3 is 0 Å². The second-order valence-corrected chi connectivity index (χ2v) is 2.10. The summed E-state index contributed by atoms with van der Waals surface area (Å²) in [5.74, 6) is 0. The molecule has 0 bridgehead atoms. The van der Waals surface area contributed by atoms with Crippen molar-refractivity contribution in [2.45, 2.75) is 13.3 Å². The van der Waals surface area contributed by atoms with Gasteiger partial charge in [0.25, 0.3) is 0 Å². The highest BCUT2D eigenvalue weighted by Gasteiger charge is 1.96. The monoisotopic (exact) mass is 106 g/mol. The van der Waals surface area contributed by atoms with Crippen molar-refractivity contribution in [3.63, 3.8) is 0 Å². The Morgan fingerprint density at radius 1 is 1.75 bits per heavy atom. The van der Waals surface area contributed by atoms with Gasteiger partial charge in [-0.2, -0.15) is 0 Å². The quantitative estimate of drug-likeness (QED) is 0.481. The number of hydrogen-bond acceptors (Lipinski definition) is 0. The van der Waals surface area contributed by atoms with Gasteiger partial charge in [0.2, 0.25) is 0 Å². The van der Waals surface area contributed by atoms with E-state index in [1.54, 1.807) is 0 Å². The maximum atomic E-state index is 3.83. The van der Waals surface area contributed by atoms with Crippen molar-refractivity contribution in [1.82, 2.24) is 0 Å². The van der Waals surface area contributed by atoms with Gasteiger partial charge in [0.05, 0.1) is 0 Å². The summed E-state index contributed by atoms with van der Waals surface area (Å²) in [5.41, 5.74) is 2.56. The van der Waals surface area contributed by atoms with Crippen LogP contribution in [0.3, 0.4) is 0 Å². The van der Waals surface area contributed by atoms with E-state index in [1.165, 1.54) is 11.1 Å². The Morgan fingerprint density at radius 2 is 2.50 bits per heavy atom. The predicted octanol–water partition coefficient (Wildman–Crippen LogP) is 2.45. The molecule has 0 unspecified atom stereocenters. The van der Waals surface area contributed by atoms with Crippen LogP contribution < -0.4 is 0 Å². The molecule has 1 rings (SSSR count). The van der Waals surface area contributed by atoms with Crippen LogP contribution in [-0.2, 0) is 0 Å². The van der Waals surface area contributed by atoms with Crippen LogP contribution in [-0.4, -0.2) is 0 Å². The van der Waals surface area contributed by atoms with Gasteiger partial charge in [-0.15, -0.1) is 0 Å². The Morgan fingerprint density at radius 3 is 2.75 bits per heavy atom. The Kier molecular flexibility index (Phi) is 1.34. The van der Waals surface area contributed by atoms with Gasteiger partial charge in [0, 0.05) is 0 Å². The number of rotatable bonds is 1. The van der Waals surface area contributed by atoms with Gasteiger partial charge in [-0.3, -0.25) is 0 Å². The highest BCUT2D eigenvalue weighted by molar-refractivity contribution is 5.36. The van der Waals surface area contributed by atoms with Gasteiger partial charge >= 0.3 is 0 Å². The SMILES string of the molecule is C=C(C)C1=CC=CC1. The molecule has 1 aliphatic carbocycles. The van der Waals surface area contributed by atoms with Crippen molar-refractivity contribution in [3.05, 3.63) is 36.0 Å². The fourth-order valence-corrected chi connectivity index (χ4v) is 0.764. The minimum Gasteiger partial charge on any atom is -0.0958 e. The van der Waals surface area contributed by atoms with Gasteiger partial charge in [0.1, 0.15) is 0 Å². The van der Waals surface area contributed by atoms with Crippen molar-refractivity contribution in [2.24, 2.45) is 0 Å². The van der Waals surface area contributed by atoms with E-state index in [9.17, 15) is 0 Å². The van der Waals surface area contributed by atoms with Crippen LogP contribution in [0.4, 0.5) is 0 Å². The molecule has 0 aromatic carbocycles. The first-order valence-corrected chi connectivity index (χ1v) is 2.82. The molecule has 0 saturated heterocycles. The highest BCUT2D eigenvalue weighted by atomic mass is 14.0. The fraction of sp³-hybridized carbons (Fsp3) is 0.250. The Hall–Kier alpha value is -0.780. The van der Waals surface area contributed by atoms with Crippen LogP contribution >= 0.6 is 0 Å². The number of hydrogen-bond donors (Lipinski definition) is 0. The lowest BCUT2D eigenvalue weighted by molar-refractivity contribution is 1.25. The first-order valence-electron chi connectivity index (χ1n) is 2.82. The standard InChI is InChI=1S/C8H10/c1-7(2)8-5-3-4-6-8/h3-5H,1,6H2,2H3. The summed E-state index contributed by atoms with van der Waals surface area (Å²) in [5, 5.41) is 0. The highest BCUT2D eigenvalue weighted by Crippen LogP contribution is 2.16. The lowest BCUT2D eigenvalue weighted by atomic mass is 10.1. The summed E-state index contributed by atoms with van der Waals surface area (Å²) in [6.07, 6.45) is 7.41. The lowest BCUT2D eigenvalue weighted by Gasteiger charge is -1.94. The average Bonchev–Trinajstić information content (AvgIpc) is 2.12. The molecule has 0 fully saturated rings. The van der Waals surface area contributed by atoms with Gasteiger partial charge in [-0.25, -0.2) is 0 Å². The summed E-state index contributed by atoms with van der Waals surface area (Å²) < 4.78 is 0. The lowest BCUT2D eigenvalue weighted by Crippen LogP contribution is -1.75. The van der Waals surface area contributed by atoms with Crippen LogP contribution in [0.1, 0.15) is 13.3 Å². The van der Waals surface area contributed by atoms with Crippen LogP contribution in [0.5, 0.6) is 0 Å². The predicted molar refractivity (Wildman–Crippen MR) is 36.7 cm³/mol. The molecule has 0 spiro atoms. The van der Waals surface area contributed by atoms with E-state index >= 15 is 0 Å². The number of allylic oxidation sites excluding steroid dienone is 5. The van der Waals surface area contributed by atoms with Crippen molar-refractivity contribution in [2.75, 3.05) is 0 Å². The van der Waals surface area contributed by atoms with Gasteiger partial charge in [-0.05, 0) is 18.9 Å². The molecule has 0 atom stereocenters. The molecule has 0 radical (unpaired) electrons. The van der Waals surface area contributed by atoms with Crippen LogP contribution in [0.2, 0.25) is 0 Å². The third-order valence-electron chi connectivity index (χ3n) is 1.32. The summed E-state index contributed by atoms with van der Waals surface area (Å²) in [6, 6.07) is 0. The van der Waals surface area contributed by atoms with Crippen molar-refractivity contribution in [3.8, 4) is 0 Å². The van der Waals surface area contributed by atoms with E-state index in [1.807, 2.05) is 6.92 Å². The van der Waals surface area contributed by atoms with Gasteiger partial charge in [-0.1, -0.05) is 30.4 Å². The molecular formula is C8H10. The minimum atomic E-state index is 1.08. The zero-order valence-corrected chi connectivity index (χ0v) is 5.15. The zero-order valence-electron chi connectivity index (χ0n) is 5.15. The second-order valence-electron chi connectivity index (χ2n) is 2.10. The topological polar surface area (TPSA) is 0 Å². The largest absolute Gasteiger partial charge is 0.0958 e. The van der Waals surface area contributed by atoms with Crippen molar-refractivity contribution < 1.29 is 0 Å². The van der Waals surface area contributed by atoms with Crippen LogP contribution in [0.15, 0.2) is 36.0 Å². The smallest absolute Gasteiger partial charge is 0.00919 e. The Balaban J connectivity index is 2.64. The normalized spacial score (nSPS) is 16.4. The van der Waals surface area contributed by atoms with E-state index in [0.29, 0.717) is 0 Å². The van der Waals surface area contributed by atoms with Gasteiger partial charge in [0.15, 0.2) is 0 Å². The summed E-state index contributed by atoms with van der Waals surface area (Å²) in [6.45, 7) is 5.87. The fourth-order valence-electron chi connectivity index (χ4n) is 0.764. The Bertz CT molecular complexity index is 159. The maximum Gasteiger partial charge on any atom is -0.00919 e. The molecule has 0 nitrogen and oxygen atoms in total. The van der Waals surface area contributed by atoms with Crippen molar-refractivity contribution in [1.29, 1.82) is 0 Å². The molecule has 0 aromatic rings. The summed E-state index contributed by atoms with van der Waals surface area (Å²) >= 11 is 0.